The summed E-state index contributed by atoms with van der Waals surface area (Å²) in [5.41, 5.74) is 0.648. The van der Waals surface area contributed by atoms with E-state index in [-0.39, 0.29) is 0 Å². The van der Waals surface area contributed by atoms with E-state index in [0.717, 1.165) is 5.92 Å². The number of hydrogen-bond donors (Lipinski definition) is 0. The molecule has 72 valence electrons. The summed E-state index contributed by atoms with van der Waals surface area (Å²) < 4.78 is 0. The summed E-state index contributed by atoms with van der Waals surface area (Å²) in [6, 6.07) is 0. The zero-order chi connectivity index (χ0) is 9.03. The van der Waals surface area contributed by atoms with Crippen molar-refractivity contribution in [3.05, 3.63) is 0 Å². The maximum absolute atomic E-state index is 2.46. The Morgan fingerprint density at radius 2 is 1.58 bits per heavy atom. The molecule has 0 saturated heterocycles. The average Bonchev–Trinajstić information content (AvgIpc) is 2.57. The van der Waals surface area contributed by atoms with Gasteiger partial charge in [-0.2, -0.15) is 0 Å². The summed E-state index contributed by atoms with van der Waals surface area (Å²) >= 11 is 0. The normalized spacial score (nSPS) is 20.2. The minimum absolute atomic E-state index is 0.648. The molecule has 0 aromatic rings. The number of rotatable bonds is 4. The van der Waals surface area contributed by atoms with Crippen molar-refractivity contribution in [1.29, 1.82) is 0 Å². The topological polar surface area (TPSA) is 0 Å². The van der Waals surface area contributed by atoms with E-state index < -0.39 is 0 Å². The second kappa shape index (κ2) is 4.30. The molecule has 0 aliphatic heterocycles. The summed E-state index contributed by atoms with van der Waals surface area (Å²) in [6.07, 6.45) is 10.2. The lowest BCUT2D eigenvalue weighted by molar-refractivity contribution is 0.222. The molecule has 0 bridgehead atoms. The Bertz CT molecular complexity index is 116. The lowest BCUT2D eigenvalue weighted by atomic mass is 9.76. The van der Waals surface area contributed by atoms with Gasteiger partial charge in [0.25, 0.3) is 0 Å². The maximum Gasteiger partial charge on any atom is -0.0328 e. The van der Waals surface area contributed by atoms with Crippen molar-refractivity contribution in [2.24, 2.45) is 11.3 Å². The molecule has 0 spiro atoms. The molecule has 0 amide bonds. The molecular formula is C12H24. The second-order valence-corrected chi connectivity index (χ2v) is 4.87. The van der Waals surface area contributed by atoms with Crippen LogP contribution in [0.2, 0.25) is 0 Å². The van der Waals surface area contributed by atoms with E-state index in [9.17, 15) is 0 Å². The fourth-order valence-electron chi connectivity index (χ4n) is 2.45. The number of hydrogen-bond acceptors (Lipinski definition) is 0. The van der Waals surface area contributed by atoms with Crippen LogP contribution in [0.1, 0.15) is 65.7 Å². The lowest BCUT2D eigenvalue weighted by Gasteiger charge is -2.29. The van der Waals surface area contributed by atoms with Crippen LogP contribution in [-0.2, 0) is 0 Å². The summed E-state index contributed by atoms with van der Waals surface area (Å²) in [6.45, 7) is 7.15. The largest absolute Gasteiger partial charge is 0.0649 e. The van der Waals surface area contributed by atoms with Gasteiger partial charge in [0.1, 0.15) is 0 Å². The SMILES string of the molecule is CCC(C)(CC)CC1CCCC1. The first-order valence-electron chi connectivity index (χ1n) is 5.70. The lowest BCUT2D eigenvalue weighted by Crippen LogP contribution is -2.17. The molecule has 1 fully saturated rings. The van der Waals surface area contributed by atoms with Crippen molar-refractivity contribution >= 4 is 0 Å². The van der Waals surface area contributed by atoms with Crippen LogP contribution in [-0.4, -0.2) is 0 Å². The highest BCUT2D eigenvalue weighted by molar-refractivity contribution is 4.78. The fourth-order valence-corrected chi connectivity index (χ4v) is 2.45. The van der Waals surface area contributed by atoms with Crippen molar-refractivity contribution in [2.45, 2.75) is 65.7 Å². The third kappa shape index (κ3) is 2.50. The maximum atomic E-state index is 2.46. The molecule has 1 rings (SSSR count). The fraction of sp³-hybridized carbons (Fsp3) is 1.00. The van der Waals surface area contributed by atoms with E-state index >= 15 is 0 Å². The van der Waals surface area contributed by atoms with Crippen LogP contribution in [0.5, 0.6) is 0 Å². The molecule has 0 N–H and O–H groups in total. The van der Waals surface area contributed by atoms with E-state index in [1.165, 1.54) is 44.9 Å². The van der Waals surface area contributed by atoms with Crippen LogP contribution < -0.4 is 0 Å². The van der Waals surface area contributed by atoms with Gasteiger partial charge in [0.05, 0.1) is 0 Å². The molecule has 1 aliphatic rings. The molecule has 1 aliphatic carbocycles. The molecule has 0 radical (unpaired) electrons. The van der Waals surface area contributed by atoms with Gasteiger partial charge < -0.3 is 0 Å². The molecule has 1 saturated carbocycles. The molecule has 0 atom stereocenters. The molecule has 0 aromatic heterocycles. The van der Waals surface area contributed by atoms with Gasteiger partial charge >= 0.3 is 0 Å². The van der Waals surface area contributed by atoms with Crippen molar-refractivity contribution < 1.29 is 0 Å². The first-order valence-corrected chi connectivity index (χ1v) is 5.70. The van der Waals surface area contributed by atoms with Gasteiger partial charge in [-0.15, -0.1) is 0 Å². The van der Waals surface area contributed by atoms with Crippen LogP contribution in [0.4, 0.5) is 0 Å². The van der Waals surface area contributed by atoms with Crippen LogP contribution >= 0.6 is 0 Å². The summed E-state index contributed by atoms with van der Waals surface area (Å²) in [7, 11) is 0. The Morgan fingerprint density at radius 3 is 2.00 bits per heavy atom. The third-order valence-electron chi connectivity index (χ3n) is 3.96. The Balaban J connectivity index is 2.35. The van der Waals surface area contributed by atoms with Crippen molar-refractivity contribution in [3.63, 3.8) is 0 Å². The van der Waals surface area contributed by atoms with Crippen molar-refractivity contribution in [2.75, 3.05) is 0 Å². The van der Waals surface area contributed by atoms with Gasteiger partial charge in [-0.3, -0.25) is 0 Å². The van der Waals surface area contributed by atoms with Crippen LogP contribution in [0.15, 0.2) is 0 Å². The van der Waals surface area contributed by atoms with E-state index in [4.69, 9.17) is 0 Å². The second-order valence-electron chi connectivity index (χ2n) is 4.87. The van der Waals surface area contributed by atoms with E-state index in [1.54, 1.807) is 0 Å². The highest BCUT2D eigenvalue weighted by atomic mass is 14.3. The first-order chi connectivity index (χ1) is 5.70. The first kappa shape index (κ1) is 10.1. The summed E-state index contributed by atoms with van der Waals surface area (Å²) in [5, 5.41) is 0. The average molecular weight is 168 g/mol. The molecule has 0 heterocycles. The standard InChI is InChI=1S/C12H24/c1-4-12(3,5-2)10-11-8-6-7-9-11/h11H,4-10H2,1-3H3. The van der Waals surface area contributed by atoms with Gasteiger partial charge in [0.15, 0.2) is 0 Å². The van der Waals surface area contributed by atoms with Crippen LogP contribution in [0.25, 0.3) is 0 Å². The molecule has 0 aromatic carbocycles. The minimum atomic E-state index is 0.648. The zero-order valence-electron chi connectivity index (χ0n) is 9.03. The summed E-state index contributed by atoms with van der Waals surface area (Å²) in [4.78, 5) is 0. The van der Waals surface area contributed by atoms with E-state index in [0.29, 0.717) is 5.41 Å². The van der Waals surface area contributed by atoms with Crippen LogP contribution in [0.3, 0.4) is 0 Å². The minimum Gasteiger partial charge on any atom is -0.0649 e. The van der Waals surface area contributed by atoms with Gasteiger partial charge in [-0.25, -0.2) is 0 Å². The van der Waals surface area contributed by atoms with Gasteiger partial charge in [0, 0.05) is 0 Å². The summed E-state index contributed by atoms with van der Waals surface area (Å²) in [5.74, 6) is 1.06. The van der Waals surface area contributed by atoms with Gasteiger partial charge in [0.2, 0.25) is 0 Å². The molecule has 0 unspecified atom stereocenters. The molecule has 0 nitrogen and oxygen atoms in total. The highest BCUT2D eigenvalue weighted by Gasteiger charge is 2.26. The Kier molecular flexibility index (Phi) is 3.61. The monoisotopic (exact) mass is 168 g/mol. The van der Waals surface area contributed by atoms with E-state index in [1.807, 2.05) is 0 Å². The van der Waals surface area contributed by atoms with Crippen LogP contribution in [0, 0.1) is 11.3 Å². The predicted octanol–water partition coefficient (Wildman–Crippen LogP) is 4.39. The molecule has 0 heteroatoms. The smallest absolute Gasteiger partial charge is 0.0328 e. The third-order valence-corrected chi connectivity index (χ3v) is 3.96. The predicted molar refractivity (Wildman–Crippen MR) is 55.3 cm³/mol. The quantitative estimate of drug-likeness (QED) is 0.584. The Labute approximate surface area is 77.7 Å². The molecule has 12 heavy (non-hydrogen) atoms. The van der Waals surface area contributed by atoms with Gasteiger partial charge in [-0.05, 0) is 17.8 Å². The van der Waals surface area contributed by atoms with E-state index in [2.05, 4.69) is 20.8 Å². The Morgan fingerprint density at radius 1 is 1.08 bits per heavy atom. The highest BCUT2D eigenvalue weighted by Crippen LogP contribution is 2.39. The van der Waals surface area contributed by atoms with Gasteiger partial charge in [-0.1, -0.05) is 59.3 Å². The van der Waals surface area contributed by atoms with Crippen molar-refractivity contribution in [3.8, 4) is 0 Å². The zero-order valence-corrected chi connectivity index (χ0v) is 9.03. The Hall–Kier alpha value is 0. The molecular weight excluding hydrogens is 144 g/mol. The van der Waals surface area contributed by atoms with Crippen molar-refractivity contribution in [1.82, 2.24) is 0 Å².